The van der Waals surface area contributed by atoms with E-state index in [9.17, 15) is 5.26 Å². The van der Waals surface area contributed by atoms with Crippen LogP contribution in [0.2, 0.25) is 5.02 Å². The number of fused-ring (bicyclic) bond motifs is 1. The molecule has 0 spiro atoms. The lowest BCUT2D eigenvalue weighted by molar-refractivity contribution is 0.265. The molecule has 2 aliphatic rings. The van der Waals surface area contributed by atoms with E-state index in [0.717, 1.165) is 35.1 Å². The quantitative estimate of drug-likeness (QED) is 0.556. The summed E-state index contributed by atoms with van der Waals surface area (Å²) in [4.78, 5) is 14.0. The number of nitrogens with zero attached hydrogens (tertiary/aromatic N) is 5. The van der Waals surface area contributed by atoms with E-state index in [2.05, 4.69) is 27.5 Å². The molecule has 0 saturated heterocycles. The first kappa shape index (κ1) is 18.6. The average molecular weight is 406 g/mol. The fourth-order valence-corrected chi connectivity index (χ4v) is 4.74. The minimum absolute atomic E-state index is 0.158. The summed E-state index contributed by atoms with van der Waals surface area (Å²) in [6.45, 7) is 3.31. The number of nitriles is 1. The van der Waals surface area contributed by atoms with Gasteiger partial charge in [0.15, 0.2) is 5.65 Å². The van der Waals surface area contributed by atoms with Gasteiger partial charge in [-0.05, 0) is 49.7 Å². The maximum absolute atomic E-state index is 9.47. The largest absolute Gasteiger partial charge is 0.324 e. The van der Waals surface area contributed by atoms with Gasteiger partial charge in [0.2, 0.25) is 5.82 Å². The third kappa shape index (κ3) is 3.62. The Labute approximate surface area is 175 Å². The molecule has 0 bridgehead atoms. The van der Waals surface area contributed by atoms with Gasteiger partial charge in [-0.15, -0.1) is 0 Å². The molecule has 2 saturated carbocycles. The van der Waals surface area contributed by atoms with Gasteiger partial charge in [0.1, 0.15) is 23.1 Å². The third-order valence-electron chi connectivity index (χ3n) is 6.35. The zero-order valence-electron chi connectivity index (χ0n) is 16.6. The van der Waals surface area contributed by atoms with Crippen molar-refractivity contribution in [2.75, 3.05) is 0 Å². The van der Waals surface area contributed by atoms with Crippen LogP contribution in [0.3, 0.4) is 0 Å². The molecule has 0 aliphatic heterocycles. The molecular weight excluding hydrogens is 382 g/mol. The lowest BCUT2D eigenvalue weighted by Crippen LogP contribution is -2.19. The van der Waals surface area contributed by atoms with Gasteiger partial charge >= 0.3 is 0 Å². The molecule has 2 fully saturated rings. The predicted molar refractivity (Wildman–Crippen MR) is 114 cm³/mol. The van der Waals surface area contributed by atoms with Crippen molar-refractivity contribution in [2.45, 2.75) is 57.9 Å². The summed E-state index contributed by atoms with van der Waals surface area (Å²) in [6.07, 6.45) is 7.47. The zero-order chi connectivity index (χ0) is 20.0. The standard InChI is InChI=1S/C23H24ClN5/c1-14-5-7-15(8-6-14)13-29-21-20(17-3-2-4-18(24)11-17)26-19(12-25)27-22(21)28-23(29)16-9-10-16/h2-4,11,14-16H,5-10,13H2,1H3/t14-,15-. The van der Waals surface area contributed by atoms with Crippen LogP contribution in [-0.2, 0) is 6.54 Å². The minimum Gasteiger partial charge on any atom is -0.324 e. The molecule has 3 aromatic rings. The Bertz CT molecular complexity index is 1100. The Morgan fingerprint density at radius 2 is 1.90 bits per heavy atom. The van der Waals surface area contributed by atoms with Crippen molar-refractivity contribution < 1.29 is 0 Å². The van der Waals surface area contributed by atoms with Crippen LogP contribution in [0.5, 0.6) is 0 Å². The number of benzene rings is 1. The molecule has 5 nitrogen and oxygen atoms in total. The maximum atomic E-state index is 9.47. The van der Waals surface area contributed by atoms with E-state index < -0.39 is 0 Å². The molecule has 6 heteroatoms. The van der Waals surface area contributed by atoms with Crippen molar-refractivity contribution in [3.05, 3.63) is 40.9 Å². The minimum atomic E-state index is 0.158. The average Bonchev–Trinajstić information content (AvgIpc) is 3.51. The van der Waals surface area contributed by atoms with Crippen molar-refractivity contribution in [1.29, 1.82) is 5.26 Å². The SMILES string of the molecule is C[C@H]1CC[C@H](Cn2c(C3CC3)nc3nc(C#N)nc(-c4cccc(Cl)c4)c32)CC1. The molecule has 0 amide bonds. The molecule has 0 radical (unpaired) electrons. The van der Waals surface area contributed by atoms with Crippen molar-refractivity contribution >= 4 is 22.8 Å². The molecule has 1 aromatic carbocycles. The first-order valence-corrected chi connectivity index (χ1v) is 10.9. The monoisotopic (exact) mass is 405 g/mol. The van der Waals surface area contributed by atoms with E-state index in [1.54, 1.807) is 0 Å². The van der Waals surface area contributed by atoms with Crippen LogP contribution in [0.15, 0.2) is 24.3 Å². The zero-order valence-corrected chi connectivity index (χ0v) is 17.4. The van der Waals surface area contributed by atoms with Crippen LogP contribution in [0, 0.1) is 23.2 Å². The lowest BCUT2D eigenvalue weighted by atomic mass is 9.83. The molecule has 0 unspecified atom stereocenters. The Kier molecular flexibility index (Phi) is 4.75. The van der Waals surface area contributed by atoms with Gasteiger partial charge in [-0.2, -0.15) is 10.2 Å². The summed E-state index contributed by atoms with van der Waals surface area (Å²) in [5.74, 6) is 3.27. The Balaban J connectivity index is 1.68. The first-order valence-electron chi connectivity index (χ1n) is 10.6. The number of hydrogen-bond donors (Lipinski definition) is 0. The molecule has 2 heterocycles. The fourth-order valence-electron chi connectivity index (χ4n) is 4.55. The number of hydrogen-bond acceptors (Lipinski definition) is 4. The van der Waals surface area contributed by atoms with Crippen LogP contribution in [-0.4, -0.2) is 19.5 Å². The normalized spacial score (nSPS) is 22.0. The Hall–Kier alpha value is -2.45. The van der Waals surface area contributed by atoms with Crippen LogP contribution >= 0.6 is 11.6 Å². The topological polar surface area (TPSA) is 67.4 Å². The summed E-state index contributed by atoms with van der Waals surface area (Å²) >= 11 is 6.26. The van der Waals surface area contributed by atoms with Gasteiger partial charge in [-0.1, -0.05) is 43.5 Å². The number of aromatic nitrogens is 4. The van der Waals surface area contributed by atoms with E-state index in [-0.39, 0.29) is 5.82 Å². The maximum Gasteiger partial charge on any atom is 0.234 e. The highest BCUT2D eigenvalue weighted by molar-refractivity contribution is 6.30. The van der Waals surface area contributed by atoms with Crippen LogP contribution < -0.4 is 0 Å². The van der Waals surface area contributed by atoms with E-state index in [0.29, 0.717) is 22.5 Å². The molecular formula is C23H24ClN5. The van der Waals surface area contributed by atoms with E-state index >= 15 is 0 Å². The van der Waals surface area contributed by atoms with E-state index in [4.69, 9.17) is 16.6 Å². The molecule has 29 heavy (non-hydrogen) atoms. The second-order valence-electron chi connectivity index (χ2n) is 8.67. The van der Waals surface area contributed by atoms with Gasteiger partial charge in [-0.25, -0.2) is 9.97 Å². The van der Waals surface area contributed by atoms with Crippen molar-refractivity contribution in [3.8, 4) is 17.3 Å². The fraction of sp³-hybridized carbons (Fsp3) is 0.478. The van der Waals surface area contributed by atoms with Crippen LogP contribution in [0.1, 0.15) is 63.0 Å². The van der Waals surface area contributed by atoms with Crippen molar-refractivity contribution in [1.82, 2.24) is 19.5 Å². The molecule has 2 aliphatic carbocycles. The summed E-state index contributed by atoms with van der Waals surface area (Å²) in [5.41, 5.74) is 3.25. The molecule has 2 aromatic heterocycles. The predicted octanol–water partition coefficient (Wildman–Crippen LogP) is 5.72. The number of imidazole rings is 1. The van der Waals surface area contributed by atoms with Gasteiger partial charge in [-0.3, -0.25) is 0 Å². The summed E-state index contributed by atoms with van der Waals surface area (Å²) < 4.78 is 2.37. The number of rotatable bonds is 4. The second kappa shape index (κ2) is 7.42. The Morgan fingerprint density at radius 3 is 2.59 bits per heavy atom. The highest BCUT2D eigenvalue weighted by Crippen LogP contribution is 2.42. The van der Waals surface area contributed by atoms with Gasteiger partial charge in [0.05, 0.1) is 0 Å². The van der Waals surface area contributed by atoms with E-state index in [1.165, 1.54) is 38.5 Å². The van der Waals surface area contributed by atoms with E-state index in [1.807, 2.05) is 24.3 Å². The first-order chi connectivity index (χ1) is 14.1. The lowest BCUT2D eigenvalue weighted by Gasteiger charge is -2.27. The summed E-state index contributed by atoms with van der Waals surface area (Å²) in [5, 5.41) is 10.1. The highest BCUT2D eigenvalue weighted by atomic mass is 35.5. The second-order valence-corrected chi connectivity index (χ2v) is 9.11. The highest BCUT2D eigenvalue weighted by Gasteiger charge is 2.32. The van der Waals surface area contributed by atoms with Gasteiger partial charge in [0, 0.05) is 23.0 Å². The third-order valence-corrected chi connectivity index (χ3v) is 6.58. The van der Waals surface area contributed by atoms with Gasteiger partial charge in [0.25, 0.3) is 0 Å². The van der Waals surface area contributed by atoms with Crippen LogP contribution in [0.4, 0.5) is 0 Å². The molecule has 5 rings (SSSR count). The number of halogens is 1. The molecule has 0 atom stereocenters. The summed E-state index contributed by atoms with van der Waals surface area (Å²) in [6, 6.07) is 9.77. The smallest absolute Gasteiger partial charge is 0.234 e. The summed E-state index contributed by atoms with van der Waals surface area (Å²) in [7, 11) is 0. The van der Waals surface area contributed by atoms with Gasteiger partial charge < -0.3 is 4.57 Å². The Morgan fingerprint density at radius 1 is 1.10 bits per heavy atom. The van der Waals surface area contributed by atoms with Crippen molar-refractivity contribution in [2.24, 2.45) is 11.8 Å². The molecule has 0 N–H and O–H groups in total. The van der Waals surface area contributed by atoms with Crippen molar-refractivity contribution in [3.63, 3.8) is 0 Å². The van der Waals surface area contributed by atoms with Crippen LogP contribution in [0.25, 0.3) is 22.4 Å². The molecule has 148 valence electrons.